The van der Waals surface area contributed by atoms with Crippen molar-refractivity contribution in [2.45, 2.75) is 25.2 Å². The Kier molecular flexibility index (Phi) is 3.40. The van der Waals surface area contributed by atoms with E-state index in [9.17, 15) is 0 Å². The average Bonchev–Trinajstić information content (AvgIpc) is 2.28. The van der Waals surface area contributed by atoms with Crippen LogP contribution in [0.2, 0.25) is 0 Å². The Bertz CT molecular complexity index is 351. The Balaban J connectivity index is 2.11. The Hall–Kier alpha value is -0.740. The summed E-state index contributed by atoms with van der Waals surface area (Å²) in [6.07, 6.45) is 1.75. The second-order valence-corrected chi connectivity index (χ2v) is 6.51. The van der Waals surface area contributed by atoms with Crippen molar-refractivity contribution in [3.8, 4) is 0 Å². The van der Waals surface area contributed by atoms with Gasteiger partial charge in [-0.05, 0) is 25.5 Å². The molecule has 0 unspecified atom stereocenters. The van der Waals surface area contributed by atoms with Gasteiger partial charge < -0.3 is 10.0 Å². The lowest BCUT2D eigenvalue weighted by Crippen LogP contribution is -2.43. The van der Waals surface area contributed by atoms with Crippen molar-refractivity contribution < 1.29 is 5.11 Å². The third-order valence-electron chi connectivity index (χ3n) is 2.74. The van der Waals surface area contributed by atoms with Gasteiger partial charge in [-0.2, -0.15) is 11.8 Å². The summed E-state index contributed by atoms with van der Waals surface area (Å²) >= 11 is 2.02. The number of nitrogens with zero attached hydrogens (tertiary/aromatic N) is 2. The zero-order valence-corrected chi connectivity index (χ0v) is 10.6. The van der Waals surface area contributed by atoms with Crippen LogP contribution in [-0.2, 0) is 6.61 Å². The zero-order chi connectivity index (χ0) is 11.6. The molecule has 3 nitrogen and oxygen atoms in total. The van der Waals surface area contributed by atoms with E-state index in [0.717, 1.165) is 30.2 Å². The van der Waals surface area contributed by atoms with E-state index < -0.39 is 0 Å². The fourth-order valence-corrected chi connectivity index (χ4v) is 3.02. The minimum Gasteiger partial charge on any atom is -0.392 e. The lowest BCUT2D eigenvalue weighted by atomic mass is 10.2. The summed E-state index contributed by atoms with van der Waals surface area (Å²) in [4.78, 5) is 6.71. The van der Waals surface area contributed by atoms with E-state index in [-0.39, 0.29) is 6.61 Å². The van der Waals surface area contributed by atoms with Crippen LogP contribution in [0, 0.1) is 0 Å². The van der Waals surface area contributed by atoms with Gasteiger partial charge in [-0.25, -0.2) is 4.98 Å². The largest absolute Gasteiger partial charge is 0.392 e. The predicted octanol–water partition coefficient (Wildman–Crippen LogP) is 1.91. The average molecular weight is 238 g/mol. The molecule has 4 heteroatoms. The maximum atomic E-state index is 8.96. The first-order valence-electron chi connectivity index (χ1n) is 5.55. The van der Waals surface area contributed by atoms with Crippen LogP contribution in [0.5, 0.6) is 0 Å². The first-order chi connectivity index (χ1) is 7.61. The minimum atomic E-state index is 0.0641. The van der Waals surface area contributed by atoms with Crippen molar-refractivity contribution >= 4 is 17.6 Å². The van der Waals surface area contributed by atoms with Crippen molar-refractivity contribution in [1.29, 1.82) is 0 Å². The third kappa shape index (κ3) is 2.68. The van der Waals surface area contributed by atoms with Gasteiger partial charge in [-0.3, -0.25) is 0 Å². The summed E-state index contributed by atoms with van der Waals surface area (Å²) in [5.74, 6) is 2.17. The highest BCUT2D eigenvalue weighted by Crippen LogP contribution is 2.31. The zero-order valence-electron chi connectivity index (χ0n) is 9.81. The molecule has 0 aromatic carbocycles. The van der Waals surface area contributed by atoms with E-state index in [0.29, 0.717) is 4.75 Å². The summed E-state index contributed by atoms with van der Waals surface area (Å²) in [7, 11) is 0. The maximum Gasteiger partial charge on any atom is 0.128 e. The number of rotatable bonds is 2. The SMILES string of the molecule is CC1(C)CN(c2ccc(CO)cn2)CCS1. The van der Waals surface area contributed by atoms with E-state index in [1.54, 1.807) is 6.20 Å². The third-order valence-corrected chi connectivity index (χ3v) is 4.04. The smallest absolute Gasteiger partial charge is 0.128 e. The van der Waals surface area contributed by atoms with Gasteiger partial charge in [-0.1, -0.05) is 6.07 Å². The number of hydrogen-bond donors (Lipinski definition) is 1. The van der Waals surface area contributed by atoms with Gasteiger partial charge in [0.1, 0.15) is 5.82 Å². The molecule has 16 heavy (non-hydrogen) atoms. The number of hydrogen-bond acceptors (Lipinski definition) is 4. The summed E-state index contributed by atoms with van der Waals surface area (Å²) in [6.45, 7) is 6.69. The monoisotopic (exact) mass is 238 g/mol. The first-order valence-corrected chi connectivity index (χ1v) is 6.54. The number of anilines is 1. The van der Waals surface area contributed by atoms with E-state index in [1.807, 2.05) is 23.9 Å². The molecule has 0 atom stereocenters. The van der Waals surface area contributed by atoms with Crippen LogP contribution in [0.15, 0.2) is 18.3 Å². The molecule has 0 bridgehead atoms. The Morgan fingerprint density at radius 3 is 2.88 bits per heavy atom. The van der Waals surface area contributed by atoms with Crippen molar-refractivity contribution in [3.05, 3.63) is 23.9 Å². The van der Waals surface area contributed by atoms with Crippen LogP contribution in [0.3, 0.4) is 0 Å². The van der Waals surface area contributed by atoms with E-state index in [2.05, 4.69) is 23.7 Å². The minimum absolute atomic E-state index is 0.0641. The number of pyridine rings is 1. The fraction of sp³-hybridized carbons (Fsp3) is 0.583. The molecule has 1 aromatic rings. The highest BCUT2D eigenvalue weighted by molar-refractivity contribution is 8.00. The Morgan fingerprint density at radius 1 is 1.50 bits per heavy atom. The van der Waals surface area contributed by atoms with Gasteiger partial charge in [0.15, 0.2) is 0 Å². The van der Waals surface area contributed by atoms with Gasteiger partial charge in [-0.15, -0.1) is 0 Å². The molecule has 2 heterocycles. The molecule has 0 aliphatic carbocycles. The predicted molar refractivity (Wildman–Crippen MR) is 68.9 cm³/mol. The topological polar surface area (TPSA) is 36.4 Å². The highest BCUT2D eigenvalue weighted by atomic mass is 32.2. The van der Waals surface area contributed by atoms with Crippen LogP contribution < -0.4 is 4.90 Å². The fourth-order valence-electron chi connectivity index (χ4n) is 1.91. The quantitative estimate of drug-likeness (QED) is 0.854. The number of aliphatic hydroxyl groups excluding tert-OH is 1. The number of aliphatic hydroxyl groups is 1. The van der Waals surface area contributed by atoms with Crippen LogP contribution >= 0.6 is 11.8 Å². The normalized spacial score (nSPS) is 19.8. The molecule has 2 rings (SSSR count). The molecule has 1 N–H and O–H groups in total. The standard InChI is InChI=1S/C12H18N2OS/c1-12(2)9-14(5-6-16-12)11-4-3-10(8-15)7-13-11/h3-4,7,15H,5-6,8-9H2,1-2H3. The van der Waals surface area contributed by atoms with Crippen molar-refractivity contribution in [1.82, 2.24) is 4.98 Å². The molecular weight excluding hydrogens is 220 g/mol. The molecular formula is C12H18N2OS. The molecule has 0 spiro atoms. The molecule has 1 aromatic heterocycles. The van der Waals surface area contributed by atoms with Crippen molar-refractivity contribution in [3.63, 3.8) is 0 Å². The van der Waals surface area contributed by atoms with E-state index in [1.165, 1.54) is 0 Å². The van der Waals surface area contributed by atoms with Crippen LogP contribution in [0.1, 0.15) is 19.4 Å². The molecule has 1 saturated heterocycles. The van der Waals surface area contributed by atoms with Crippen molar-refractivity contribution in [2.75, 3.05) is 23.7 Å². The van der Waals surface area contributed by atoms with Crippen molar-refractivity contribution in [2.24, 2.45) is 0 Å². The Morgan fingerprint density at radius 2 is 2.31 bits per heavy atom. The van der Waals surface area contributed by atoms with Gasteiger partial charge in [0.2, 0.25) is 0 Å². The summed E-state index contributed by atoms with van der Waals surface area (Å²) in [6, 6.07) is 3.94. The Labute approximate surface area is 101 Å². The van der Waals surface area contributed by atoms with Gasteiger partial charge in [0.05, 0.1) is 6.61 Å². The highest BCUT2D eigenvalue weighted by Gasteiger charge is 2.27. The lowest BCUT2D eigenvalue weighted by molar-refractivity contribution is 0.281. The second kappa shape index (κ2) is 4.63. The molecule has 0 amide bonds. The molecule has 1 aliphatic rings. The van der Waals surface area contributed by atoms with Crippen LogP contribution in [-0.4, -0.2) is 33.7 Å². The van der Waals surface area contributed by atoms with E-state index in [4.69, 9.17) is 5.11 Å². The van der Waals surface area contributed by atoms with Gasteiger partial charge in [0, 0.05) is 29.8 Å². The lowest BCUT2D eigenvalue weighted by Gasteiger charge is -2.38. The number of thioether (sulfide) groups is 1. The summed E-state index contributed by atoms with van der Waals surface area (Å²) in [5.41, 5.74) is 0.870. The van der Waals surface area contributed by atoms with Crippen LogP contribution in [0.25, 0.3) is 0 Å². The molecule has 1 aliphatic heterocycles. The van der Waals surface area contributed by atoms with Gasteiger partial charge >= 0.3 is 0 Å². The summed E-state index contributed by atoms with van der Waals surface area (Å²) < 4.78 is 0.301. The van der Waals surface area contributed by atoms with Crippen LogP contribution in [0.4, 0.5) is 5.82 Å². The van der Waals surface area contributed by atoms with E-state index >= 15 is 0 Å². The first kappa shape index (κ1) is 11.7. The second-order valence-electron chi connectivity index (χ2n) is 4.71. The maximum absolute atomic E-state index is 8.96. The number of aromatic nitrogens is 1. The molecule has 0 radical (unpaired) electrons. The summed E-state index contributed by atoms with van der Waals surface area (Å²) in [5, 5.41) is 8.96. The molecule has 88 valence electrons. The molecule has 0 saturated carbocycles. The van der Waals surface area contributed by atoms with Gasteiger partial charge in [0.25, 0.3) is 0 Å². The molecule has 1 fully saturated rings.